The lowest BCUT2D eigenvalue weighted by Gasteiger charge is -2.13. The fourth-order valence-electron chi connectivity index (χ4n) is 2.05. The molecular weight excluding hydrogens is 302 g/mol. The van der Waals surface area contributed by atoms with Gasteiger partial charge in [0.2, 0.25) is 0 Å². The van der Waals surface area contributed by atoms with Gasteiger partial charge in [0, 0.05) is 11.0 Å². The highest BCUT2D eigenvalue weighted by Gasteiger charge is 2.09. The van der Waals surface area contributed by atoms with E-state index in [4.69, 9.17) is 4.74 Å². The average molecular weight is 320 g/mol. The quantitative estimate of drug-likeness (QED) is 0.890. The number of hydrogen-bond donors (Lipinski definition) is 1. The predicted octanol–water partition coefficient (Wildman–Crippen LogP) is 4.23. The Balaban J connectivity index is 2.46. The summed E-state index contributed by atoms with van der Waals surface area (Å²) in [5.74, 6) is 0.892. The highest BCUT2D eigenvalue weighted by atomic mass is 79.9. The van der Waals surface area contributed by atoms with Crippen molar-refractivity contribution in [3.8, 4) is 16.9 Å². The van der Waals surface area contributed by atoms with Gasteiger partial charge in [0.25, 0.3) is 0 Å². The first-order valence-corrected chi connectivity index (χ1v) is 7.18. The Labute approximate surface area is 122 Å². The van der Waals surface area contributed by atoms with Gasteiger partial charge in [0.15, 0.2) is 0 Å². The second-order valence-corrected chi connectivity index (χ2v) is 5.14. The van der Waals surface area contributed by atoms with Crippen molar-refractivity contribution in [3.05, 3.63) is 52.5 Å². The van der Waals surface area contributed by atoms with E-state index in [1.165, 1.54) is 16.7 Å². The predicted molar refractivity (Wildman–Crippen MR) is 83.5 cm³/mol. The molecule has 0 radical (unpaired) electrons. The minimum Gasteiger partial charge on any atom is -0.497 e. The number of rotatable bonds is 5. The molecule has 19 heavy (non-hydrogen) atoms. The van der Waals surface area contributed by atoms with Gasteiger partial charge in [0.05, 0.1) is 7.11 Å². The molecule has 2 nitrogen and oxygen atoms in total. The standard InChI is InChI=1S/C16H18BrNO/c1-3-18-11-12-10-13(19-2)8-9-14(12)15-6-4-5-7-16(15)17/h4-10,18H,3,11H2,1-2H3. The topological polar surface area (TPSA) is 21.3 Å². The number of methoxy groups -OCH3 is 1. The number of ether oxygens (including phenoxy) is 1. The molecule has 0 amide bonds. The minimum absolute atomic E-state index is 0.838. The minimum atomic E-state index is 0.838. The Morgan fingerprint density at radius 1 is 1.11 bits per heavy atom. The first-order chi connectivity index (χ1) is 9.26. The molecule has 0 fully saturated rings. The Morgan fingerprint density at radius 3 is 2.58 bits per heavy atom. The molecule has 3 heteroatoms. The first kappa shape index (κ1) is 14.1. The van der Waals surface area contributed by atoms with Gasteiger partial charge in [-0.2, -0.15) is 0 Å². The number of halogens is 1. The third-order valence-corrected chi connectivity index (χ3v) is 3.73. The molecule has 0 saturated heterocycles. The molecule has 0 atom stereocenters. The van der Waals surface area contributed by atoms with Crippen LogP contribution >= 0.6 is 15.9 Å². The van der Waals surface area contributed by atoms with Crippen molar-refractivity contribution in [2.24, 2.45) is 0 Å². The first-order valence-electron chi connectivity index (χ1n) is 6.38. The van der Waals surface area contributed by atoms with Crippen LogP contribution in [0.25, 0.3) is 11.1 Å². The van der Waals surface area contributed by atoms with Gasteiger partial charge in [-0.05, 0) is 41.4 Å². The van der Waals surface area contributed by atoms with Gasteiger partial charge >= 0.3 is 0 Å². The molecule has 0 aliphatic heterocycles. The molecule has 2 aromatic carbocycles. The summed E-state index contributed by atoms with van der Waals surface area (Å²) < 4.78 is 6.43. The summed E-state index contributed by atoms with van der Waals surface area (Å²) in [6, 6.07) is 14.5. The van der Waals surface area contributed by atoms with Crippen LogP contribution in [0.2, 0.25) is 0 Å². The van der Waals surface area contributed by atoms with E-state index in [1.807, 2.05) is 12.1 Å². The zero-order chi connectivity index (χ0) is 13.7. The van der Waals surface area contributed by atoms with Crippen molar-refractivity contribution in [2.75, 3.05) is 13.7 Å². The van der Waals surface area contributed by atoms with Crippen LogP contribution in [0.5, 0.6) is 5.75 Å². The molecule has 100 valence electrons. The summed E-state index contributed by atoms with van der Waals surface area (Å²) >= 11 is 3.62. The van der Waals surface area contributed by atoms with Crippen molar-refractivity contribution < 1.29 is 4.74 Å². The number of benzene rings is 2. The lowest BCUT2D eigenvalue weighted by molar-refractivity contribution is 0.414. The summed E-state index contributed by atoms with van der Waals surface area (Å²) in [6.07, 6.45) is 0. The van der Waals surface area contributed by atoms with Crippen LogP contribution in [0.4, 0.5) is 0 Å². The van der Waals surface area contributed by atoms with E-state index < -0.39 is 0 Å². The van der Waals surface area contributed by atoms with Crippen LogP contribution in [-0.4, -0.2) is 13.7 Å². The molecule has 0 aliphatic rings. The number of nitrogens with one attached hydrogen (secondary N) is 1. The van der Waals surface area contributed by atoms with Crippen molar-refractivity contribution in [3.63, 3.8) is 0 Å². The molecule has 0 unspecified atom stereocenters. The molecule has 2 rings (SSSR count). The molecule has 2 aromatic rings. The van der Waals surface area contributed by atoms with Crippen molar-refractivity contribution in [1.29, 1.82) is 0 Å². The van der Waals surface area contributed by atoms with Crippen molar-refractivity contribution in [1.82, 2.24) is 5.32 Å². The van der Waals surface area contributed by atoms with E-state index >= 15 is 0 Å². The summed E-state index contributed by atoms with van der Waals surface area (Å²) in [5.41, 5.74) is 3.68. The fourth-order valence-corrected chi connectivity index (χ4v) is 2.54. The Bertz CT molecular complexity index is 554. The fraction of sp³-hybridized carbons (Fsp3) is 0.250. The second-order valence-electron chi connectivity index (χ2n) is 4.28. The Kier molecular flexibility index (Phi) is 5.00. The van der Waals surface area contributed by atoms with Crippen LogP contribution in [0.3, 0.4) is 0 Å². The molecule has 0 heterocycles. The summed E-state index contributed by atoms with van der Waals surface area (Å²) in [6.45, 7) is 3.90. The molecule has 0 spiro atoms. The summed E-state index contributed by atoms with van der Waals surface area (Å²) in [5, 5.41) is 3.37. The maximum atomic E-state index is 5.32. The van der Waals surface area contributed by atoms with Crippen LogP contribution in [0.1, 0.15) is 12.5 Å². The summed E-state index contributed by atoms with van der Waals surface area (Å²) in [4.78, 5) is 0. The molecule has 0 bridgehead atoms. The van der Waals surface area contributed by atoms with Crippen LogP contribution in [0.15, 0.2) is 46.9 Å². The smallest absolute Gasteiger partial charge is 0.119 e. The zero-order valence-electron chi connectivity index (χ0n) is 11.2. The van der Waals surface area contributed by atoms with Crippen LogP contribution < -0.4 is 10.1 Å². The Hall–Kier alpha value is -1.32. The average Bonchev–Trinajstić information content (AvgIpc) is 2.45. The Morgan fingerprint density at radius 2 is 1.89 bits per heavy atom. The maximum absolute atomic E-state index is 5.32. The molecule has 0 aliphatic carbocycles. The van der Waals surface area contributed by atoms with Gasteiger partial charge in [-0.1, -0.05) is 47.1 Å². The summed E-state index contributed by atoms with van der Waals surface area (Å²) in [7, 11) is 1.70. The van der Waals surface area contributed by atoms with E-state index in [0.717, 1.165) is 23.3 Å². The van der Waals surface area contributed by atoms with Gasteiger partial charge in [-0.3, -0.25) is 0 Å². The van der Waals surface area contributed by atoms with Gasteiger partial charge in [-0.25, -0.2) is 0 Å². The highest BCUT2D eigenvalue weighted by molar-refractivity contribution is 9.10. The molecule has 0 aromatic heterocycles. The zero-order valence-corrected chi connectivity index (χ0v) is 12.8. The lowest BCUT2D eigenvalue weighted by atomic mass is 9.99. The molecule has 0 saturated carbocycles. The lowest BCUT2D eigenvalue weighted by Crippen LogP contribution is -2.12. The van der Waals surface area contributed by atoms with Crippen molar-refractivity contribution in [2.45, 2.75) is 13.5 Å². The highest BCUT2D eigenvalue weighted by Crippen LogP contribution is 2.32. The van der Waals surface area contributed by atoms with E-state index in [1.54, 1.807) is 7.11 Å². The van der Waals surface area contributed by atoms with Gasteiger partial charge in [-0.15, -0.1) is 0 Å². The molecule has 1 N–H and O–H groups in total. The van der Waals surface area contributed by atoms with Crippen molar-refractivity contribution >= 4 is 15.9 Å². The van der Waals surface area contributed by atoms with E-state index in [2.05, 4.69) is 58.5 Å². The third-order valence-electron chi connectivity index (χ3n) is 3.04. The second kappa shape index (κ2) is 6.73. The van der Waals surface area contributed by atoms with Gasteiger partial charge < -0.3 is 10.1 Å². The van der Waals surface area contributed by atoms with Crippen LogP contribution in [-0.2, 0) is 6.54 Å². The van der Waals surface area contributed by atoms with E-state index in [0.29, 0.717) is 0 Å². The largest absolute Gasteiger partial charge is 0.497 e. The maximum Gasteiger partial charge on any atom is 0.119 e. The van der Waals surface area contributed by atoms with E-state index in [-0.39, 0.29) is 0 Å². The monoisotopic (exact) mass is 319 g/mol. The number of hydrogen-bond acceptors (Lipinski definition) is 2. The van der Waals surface area contributed by atoms with E-state index in [9.17, 15) is 0 Å². The SMILES string of the molecule is CCNCc1cc(OC)ccc1-c1ccccc1Br. The molecular formula is C16H18BrNO. The normalized spacial score (nSPS) is 10.5. The van der Waals surface area contributed by atoms with Gasteiger partial charge in [0.1, 0.15) is 5.75 Å². The van der Waals surface area contributed by atoms with Crippen LogP contribution in [0, 0.1) is 0 Å². The third kappa shape index (κ3) is 3.37.